The van der Waals surface area contributed by atoms with Gasteiger partial charge in [-0.05, 0) is 30.3 Å². The van der Waals surface area contributed by atoms with Crippen LogP contribution in [0.1, 0.15) is 10.4 Å². The molecule has 0 aliphatic carbocycles. The Bertz CT molecular complexity index is 1170. The van der Waals surface area contributed by atoms with Gasteiger partial charge in [-0.2, -0.15) is 0 Å². The van der Waals surface area contributed by atoms with Crippen molar-refractivity contribution in [2.75, 3.05) is 18.7 Å². The van der Waals surface area contributed by atoms with E-state index < -0.39 is 21.5 Å². The second kappa shape index (κ2) is 6.34. The fourth-order valence-corrected chi connectivity index (χ4v) is 3.38. The highest BCUT2D eigenvalue weighted by atomic mass is 32.2. The molecule has 136 valence electrons. The van der Waals surface area contributed by atoms with Crippen LogP contribution < -0.4 is 15.8 Å². The van der Waals surface area contributed by atoms with Crippen LogP contribution in [0.2, 0.25) is 0 Å². The summed E-state index contributed by atoms with van der Waals surface area (Å²) in [6, 6.07) is 8.93. The maximum absolute atomic E-state index is 12.5. The molecule has 0 unspecified atom stereocenters. The third-order valence-electron chi connectivity index (χ3n) is 3.88. The Kier molecular flexibility index (Phi) is 4.33. The molecule has 0 spiro atoms. The van der Waals surface area contributed by atoms with Gasteiger partial charge >= 0.3 is 5.76 Å². The summed E-state index contributed by atoms with van der Waals surface area (Å²) in [4.78, 5) is 23.9. The van der Waals surface area contributed by atoms with Gasteiger partial charge < -0.3 is 14.5 Å². The van der Waals surface area contributed by atoms with Crippen LogP contribution in [0.3, 0.4) is 0 Å². The Labute approximate surface area is 148 Å². The molecule has 1 N–H and O–H groups in total. The molecule has 0 aliphatic heterocycles. The normalized spacial score (nSPS) is 11.5. The van der Waals surface area contributed by atoms with Crippen molar-refractivity contribution in [1.82, 2.24) is 4.57 Å². The van der Waals surface area contributed by atoms with Gasteiger partial charge in [0.15, 0.2) is 15.4 Å². The van der Waals surface area contributed by atoms with Crippen LogP contribution in [0, 0.1) is 0 Å². The highest BCUT2D eigenvalue weighted by Gasteiger charge is 2.18. The number of carbonyl (C=O) groups excluding carboxylic acids is 1. The van der Waals surface area contributed by atoms with E-state index in [1.165, 1.54) is 35.9 Å². The number of nitrogens with one attached hydrogen (secondary N) is 1. The van der Waals surface area contributed by atoms with Gasteiger partial charge in [0.05, 0.1) is 12.6 Å². The Morgan fingerprint density at radius 2 is 1.92 bits per heavy atom. The summed E-state index contributed by atoms with van der Waals surface area (Å²) >= 11 is 0. The predicted molar refractivity (Wildman–Crippen MR) is 95.5 cm³/mol. The van der Waals surface area contributed by atoms with E-state index >= 15 is 0 Å². The summed E-state index contributed by atoms with van der Waals surface area (Å²) in [5.74, 6) is -0.844. The van der Waals surface area contributed by atoms with Crippen molar-refractivity contribution < 1.29 is 22.4 Å². The monoisotopic (exact) mass is 376 g/mol. The molecule has 0 fully saturated rings. The number of methoxy groups -OCH3 is 1. The first-order valence-corrected chi connectivity index (χ1v) is 9.39. The second-order valence-electron chi connectivity index (χ2n) is 5.70. The zero-order chi connectivity index (χ0) is 19.1. The van der Waals surface area contributed by atoms with Crippen molar-refractivity contribution >= 4 is 32.5 Å². The molecule has 3 rings (SSSR count). The van der Waals surface area contributed by atoms with Gasteiger partial charge in [-0.1, -0.05) is 0 Å². The number of anilines is 1. The molecule has 3 aromatic rings. The van der Waals surface area contributed by atoms with Crippen LogP contribution in [-0.4, -0.2) is 32.3 Å². The van der Waals surface area contributed by atoms with Gasteiger partial charge in [0, 0.05) is 30.6 Å². The Morgan fingerprint density at radius 1 is 1.19 bits per heavy atom. The number of hydrogen-bond donors (Lipinski definition) is 1. The zero-order valence-electron chi connectivity index (χ0n) is 14.3. The molecule has 2 aromatic carbocycles. The SMILES string of the molecule is COc1ccc(C(=O)Nc2ccc3c(c2)oc(=O)n3C)cc1S(C)(=O)=O. The number of benzene rings is 2. The lowest BCUT2D eigenvalue weighted by atomic mass is 10.2. The number of ether oxygens (including phenoxy) is 1. The molecule has 0 aliphatic rings. The van der Waals surface area contributed by atoms with E-state index in [9.17, 15) is 18.0 Å². The summed E-state index contributed by atoms with van der Waals surface area (Å²) in [5.41, 5.74) is 1.49. The Balaban J connectivity index is 1.94. The molecule has 0 saturated heterocycles. The summed E-state index contributed by atoms with van der Waals surface area (Å²) in [7, 11) is -0.629. The first-order chi connectivity index (χ1) is 12.2. The minimum Gasteiger partial charge on any atom is -0.495 e. The smallest absolute Gasteiger partial charge is 0.419 e. The third kappa shape index (κ3) is 3.21. The van der Waals surface area contributed by atoms with Crippen LogP contribution in [-0.2, 0) is 16.9 Å². The molecule has 0 bridgehead atoms. The Hall–Kier alpha value is -3.07. The molecule has 1 heterocycles. The van der Waals surface area contributed by atoms with E-state index in [1.54, 1.807) is 19.2 Å². The van der Waals surface area contributed by atoms with Crippen molar-refractivity contribution in [3.63, 3.8) is 0 Å². The maximum Gasteiger partial charge on any atom is 0.419 e. The molecule has 0 atom stereocenters. The zero-order valence-corrected chi connectivity index (χ0v) is 15.1. The van der Waals surface area contributed by atoms with Crippen molar-refractivity contribution in [2.45, 2.75) is 4.90 Å². The molecule has 0 saturated carbocycles. The molecular weight excluding hydrogens is 360 g/mol. The minimum absolute atomic E-state index is 0.0721. The van der Waals surface area contributed by atoms with Crippen molar-refractivity contribution in [2.24, 2.45) is 7.05 Å². The highest BCUT2D eigenvalue weighted by Crippen LogP contribution is 2.25. The number of rotatable bonds is 4. The number of hydrogen-bond acceptors (Lipinski definition) is 6. The number of amides is 1. The van der Waals surface area contributed by atoms with Crippen LogP contribution in [0.15, 0.2) is 50.5 Å². The highest BCUT2D eigenvalue weighted by molar-refractivity contribution is 7.90. The lowest BCUT2D eigenvalue weighted by Crippen LogP contribution is -2.13. The second-order valence-corrected chi connectivity index (χ2v) is 7.69. The van der Waals surface area contributed by atoms with Gasteiger partial charge in [0.1, 0.15) is 10.6 Å². The van der Waals surface area contributed by atoms with E-state index in [-0.39, 0.29) is 16.2 Å². The summed E-state index contributed by atoms with van der Waals surface area (Å²) in [6.45, 7) is 0. The van der Waals surface area contributed by atoms with Gasteiger partial charge in [-0.25, -0.2) is 13.2 Å². The molecular formula is C17H16N2O6S. The third-order valence-corrected chi connectivity index (χ3v) is 4.99. The average Bonchev–Trinajstić information content (AvgIpc) is 2.87. The van der Waals surface area contributed by atoms with Gasteiger partial charge in [0.25, 0.3) is 5.91 Å². The number of carbonyl (C=O) groups is 1. The maximum atomic E-state index is 12.5. The fraction of sp³-hybridized carbons (Fsp3) is 0.176. The number of fused-ring (bicyclic) bond motifs is 1. The average molecular weight is 376 g/mol. The van der Waals surface area contributed by atoms with Gasteiger partial charge in [-0.3, -0.25) is 9.36 Å². The standard InChI is InChI=1S/C17H16N2O6S/c1-19-12-6-5-11(9-14(12)25-17(19)21)18-16(20)10-4-7-13(24-2)15(8-10)26(3,22)23/h4-9H,1-3H3,(H,18,20). The summed E-state index contributed by atoms with van der Waals surface area (Å²) in [5, 5.41) is 2.65. The first kappa shape index (κ1) is 17.7. The predicted octanol–water partition coefficient (Wildman–Crippen LogP) is 1.80. The number of aryl methyl sites for hydroxylation is 1. The van der Waals surface area contributed by atoms with E-state index in [0.29, 0.717) is 16.8 Å². The van der Waals surface area contributed by atoms with E-state index in [2.05, 4.69) is 5.32 Å². The number of oxazole rings is 1. The topological polar surface area (TPSA) is 108 Å². The quantitative estimate of drug-likeness (QED) is 0.744. The minimum atomic E-state index is -3.56. The van der Waals surface area contributed by atoms with E-state index in [1.807, 2.05) is 0 Å². The van der Waals surface area contributed by atoms with Crippen LogP contribution in [0.25, 0.3) is 11.1 Å². The fourth-order valence-electron chi connectivity index (χ4n) is 2.52. The molecule has 8 nitrogen and oxygen atoms in total. The molecule has 26 heavy (non-hydrogen) atoms. The summed E-state index contributed by atoms with van der Waals surface area (Å²) in [6.07, 6.45) is 1.04. The van der Waals surface area contributed by atoms with Crippen LogP contribution in [0.5, 0.6) is 5.75 Å². The lowest BCUT2D eigenvalue weighted by molar-refractivity contribution is 0.102. The van der Waals surface area contributed by atoms with Crippen molar-refractivity contribution in [1.29, 1.82) is 0 Å². The van der Waals surface area contributed by atoms with E-state index in [0.717, 1.165) is 6.26 Å². The van der Waals surface area contributed by atoms with Gasteiger partial charge in [-0.15, -0.1) is 0 Å². The molecule has 9 heteroatoms. The molecule has 1 aromatic heterocycles. The number of sulfone groups is 1. The molecule has 1 amide bonds. The molecule has 0 radical (unpaired) electrons. The number of nitrogens with zero attached hydrogens (tertiary/aromatic N) is 1. The van der Waals surface area contributed by atoms with Crippen LogP contribution >= 0.6 is 0 Å². The Morgan fingerprint density at radius 3 is 2.58 bits per heavy atom. The lowest BCUT2D eigenvalue weighted by Gasteiger charge is -2.10. The first-order valence-electron chi connectivity index (χ1n) is 7.50. The number of aromatic nitrogens is 1. The van der Waals surface area contributed by atoms with E-state index in [4.69, 9.17) is 9.15 Å². The van der Waals surface area contributed by atoms with Crippen LogP contribution in [0.4, 0.5) is 5.69 Å². The van der Waals surface area contributed by atoms with Crippen molar-refractivity contribution in [3.05, 3.63) is 52.5 Å². The largest absolute Gasteiger partial charge is 0.495 e. The summed E-state index contributed by atoms with van der Waals surface area (Å²) < 4.78 is 35.2. The van der Waals surface area contributed by atoms with Crippen molar-refractivity contribution in [3.8, 4) is 5.75 Å². The van der Waals surface area contributed by atoms with Gasteiger partial charge in [0.2, 0.25) is 0 Å².